The first-order valence-electron chi connectivity index (χ1n) is 6.51. The summed E-state index contributed by atoms with van der Waals surface area (Å²) in [6, 6.07) is 3.34. The van der Waals surface area contributed by atoms with E-state index in [4.69, 9.17) is 9.84 Å². The second-order valence-electron chi connectivity index (χ2n) is 4.68. The summed E-state index contributed by atoms with van der Waals surface area (Å²) in [6.45, 7) is 1.19. The van der Waals surface area contributed by atoms with Gasteiger partial charge in [-0.25, -0.2) is 9.18 Å². The Morgan fingerprint density at radius 3 is 2.55 bits per heavy atom. The number of carbonyl (C=O) groups excluding carboxylic acids is 1. The van der Waals surface area contributed by atoms with Crippen molar-refractivity contribution in [2.75, 3.05) is 19.7 Å². The van der Waals surface area contributed by atoms with Crippen LogP contribution in [0.4, 0.5) is 4.39 Å². The van der Waals surface area contributed by atoms with E-state index in [1.54, 1.807) is 4.90 Å². The van der Waals surface area contributed by atoms with Gasteiger partial charge < -0.3 is 14.7 Å². The van der Waals surface area contributed by atoms with Crippen molar-refractivity contribution in [1.29, 1.82) is 0 Å². The van der Waals surface area contributed by atoms with E-state index in [1.165, 1.54) is 12.1 Å². The molecule has 1 aliphatic heterocycles. The number of ether oxygens (including phenoxy) is 1. The van der Waals surface area contributed by atoms with Gasteiger partial charge in [0.15, 0.2) is 18.2 Å². The van der Waals surface area contributed by atoms with Crippen LogP contribution in [0.5, 0.6) is 5.75 Å². The summed E-state index contributed by atoms with van der Waals surface area (Å²) in [5.41, 5.74) is -0.155. The third-order valence-electron chi connectivity index (χ3n) is 3.24. The number of carboxylic acid groups (broad SMARTS) is 1. The second-order valence-corrected chi connectivity index (χ2v) is 4.68. The van der Waals surface area contributed by atoms with E-state index in [2.05, 4.69) is 0 Å². The lowest BCUT2D eigenvalue weighted by Gasteiger charge is -2.26. The number of aromatic carboxylic acids is 1. The average molecular weight is 281 g/mol. The van der Waals surface area contributed by atoms with Gasteiger partial charge in [0.1, 0.15) is 0 Å². The molecule has 1 heterocycles. The molecule has 0 unspecified atom stereocenters. The van der Waals surface area contributed by atoms with Crippen molar-refractivity contribution in [3.63, 3.8) is 0 Å². The van der Waals surface area contributed by atoms with Crippen molar-refractivity contribution in [1.82, 2.24) is 4.90 Å². The van der Waals surface area contributed by atoms with Crippen LogP contribution in [0.15, 0.2) is 18.2 Å². The number of carboxylic acids is 1. The fourth-order valence-corrected chi connectivity index (χ4v) is 2.13. The first kappa shape index (κ1) is 14.3. The number of hydrogen-bond donors (Lipinski definition) is 1. The Kier molecular flexibility index (Phi) is 4.55. The van der Waals surface area contributed by atoms with Crippen molar-refractivity contribution in [3.05, 3.63) is 29.6 Å². The Balaban J connectivity index is 1.93. The van der Waals surface area contributed by atoms with Crippen LogP contribution in [-0.2, 0) is 4.79 Å². The van der Waals surface area contributed by atoms with Crippen LogP contribution in [0.3, 0.4) is 0 Å². The van der Waals surface area contributed by atoms with E-state index in [9.17, 15) is 14.0 Å². The Hall–Kier alpha value is -2.11. The van der Waals surface area contributed by atoms with Gasteiger partial charge in [0, 0.05) is 13.1 Å². The number of nitrogens with zero attached hydrogens (tertiary/aromatic N) is 1. The Labute approximate surface area is 116 Å². The zero-order valence-corrected chi connectivity index (χ0v) is 11.0. The molecule has 0 atom stereocenters. The average Bonchev–Trinajstić information content (AvgIpc) is 2.46. The topological polar surface area (TPSA) is 66.8 Å². The van der Waals surface area contributed by atoms with Crippen molar-refractivity contribution >= 4 is 11.9 Å². The normalized spacial score (nSPS) is 14.9. The highest BCUT2D eigenvalue weighted by Crippen LogP contribution is 2.18. The van der Waals surface area contributed by atoms with Gasteiger partial charge in [-0.1, -0.05) is 0 Å². The largest absolute Gasteiger partial charge is 0.481 e. The maximum Gasteiger partial charge on any atom is 0.335 e. The molecule has 1 aliphatic rings. The zero-order chi connectivity index (χ0) is 14.5. The number of halogens is 1. The van der Waals surface area contributed by atoms with Crippen LogP contribution in [0.25, 0.3) is 0 Å². The van der Waals surface area contributed by atoms with Crippen molar-refractivity contribution in [3.8, 4) is 5.75 Å². The van der Waals surface area contributed by atoms with E-state index in [-0.39, 0.29) is 23.8 Å². The van der Waals surface area contributed by atoms with E-state index in [0.29, 0.717) is 13.1 Å². The smallest absolute Gasteiger partial charge is 0.335 e. The summed E-state index contributed by atoms with van der Waals surface area (Å²) >= 11 is 0. The molecule has 5 nitrogen and oxygen atoms in total. The minimum atomic E-state index is -1.21. The van der Waals surface area contributed by atoms with Crippen LogP contribution >= 0.6 is 0 Å². The van der Waals surface area contributed by atoms with Gasteiger partial charge in [-0.3, -0.25) is 4.79 Å². The van der Waals surface area contributed by atoms with Gasteiger partial charge >= 0.3 is 5.97 Å². The van der Waals surface area contributed by atoms with Gasteiger partial charge in [-0.2, -0.15) is 0 Å². The summed E-state index contributed by atoms with van der Waals surface area (Å²) < 4.78 is 18.7. The molecule has 0 aliphatic carbocycles. The SMILES string of the molecule is O=C(O)c1ccc(OCC(=O)N2CCCCC2)c(F)c1. The van der Waals surface area contributed by atoms with Crippen molar-refractivity contribution < 1.29 is 23.8 Å². The first-order chi connectivity index (χ1) is 9.58. The highest BCUT2D eigenvalue weighted by molar-refractivity contribution is 5.87. The number of benzene rings is 1. The van der Waals surface area contributed by atoms with Crippen LogP contribution in [0, 0.1) is 5.82 Å². The highest BCUT2D eigenvalue weighted by atomic mass is 19.1. The molecular formula is C14H16FNO4. The maximum atomic E-state index is 13.6. The maximum absolute atomic E-state index is 13.6. The molecule has 0 bridgehead atoms. The minimum Gasteiger partial charge on any atom is -0.481 e. The lowest BCUT2D eigenvalue weighted by molar-refractivity contribution is -0.134. The van der Waals surface area contributed by atoms with Crippen LogP contribution < -0.4 is 4.74 Å². The predicted octanol–water partition coefficient (Wildman–Crippen LogP) is 1.92. The van der Waals surface area contributed by atoms with Crippen LogP contribution in [-0.4, -0.2) is 41.6 Å². The standard InChI is InChI=1S/C14H16FNO4/c15-11-8-10(14(18)19)4-5-12(11)20-9-13(17)16-6-2-1-3-7-16/h4-5,8H,1-3,6-7,9H2,(H,18,19). The van der Waals surface area contributed by atoms with E-state index in [1.807, 2.05) is 0 Å². The molecule has 108 valence electrons. The summed E-state index contributed by atoms with van der Waals surface area (Å²) in [4.78, 5) is 24.2. The molecule has 0 saturated carbocycles. The number of likely N-dealkylation sites (tertiary alicyclic amines) is 1. The number of amides is 1. The summed E-state index contributed by atoms with van der Waals surface area (Å²) in [6.07, 6.45) is 3.08. The molecule has 6 heteroatoms. The third-order valence-corrected chi connectivity index (χ3v) is 3.24. The number of piperidine rings is 1. The van der Waals surface area contributed by atoms with E-state index in [0.717, 1.165) is 25.3 Å². The van der Waals surface area contributed by atoms with Gasteiger partial charge in [0.2, 0.25) is 0 Å². The van der Waals surface area contributed by atoms with Crippen LogP contribution in [0.2, 0.25) is 0 Å². The molecule has 1 N–H and O–H groups in total. The molecule has 0 aromatic heterocycles. The molecule has 1 aromatic rings. The van der Waals surface area contributed by atoms with Gasteiger partial charge in [-0.05, 0) is 37.5 Å². The van der Waals surface area contributed by atoms with Gasteiger partial charge in [0.25, 0.3) is 5.91 Å². The number of rotatable bonds is 4. The Morgan fingerprint density at radius 2 is 1.95 bits per heavy atom. The van der Waals surface area contributed by atoms with Gasteiger partial charge in [0.05, 0.1) is 5.56 Å². The fraction of sp³-hybridized carbons (Fsp3) is 0.429. The fourth-order valence-electron chi connectivity index (χ4n) is 2.13. The van der Waals surface area contributed by atoms with Crippen LogP contribution in [0.1, 0.15) is 29.6 Å². The molecular weight excluding hydrogens is 265 g/mol. The second kappa shape index (κ2) is 6.36. The highest BCUT2D eigenvalue weighted by Gasteiger charge is 2.17. The monoisotopic (exact) mass is 281 g/mol. The molecule has 1 saturated heterocycles. The molecule has 20 heavy (non-hydrogen) atoms. The predicted molar refractivity (Wildman–Crippen MR) is 69.3 cm³/mol. The van der Waals surface area contributed by atoms with Gasteiger partial charge in [-0.15, -0.1) is 0 Å². The Bertz CT molecular complexity index is 512. The quantitative estimate of drug-likeness (QED) is 0.915. The number of carbonyl (C=O) groups is 2. The summed E-state index contributed by atoms with van der Waals surface area (Å²) in [7, 11) is 0. The lowest BCUT2D eigenvalue weighted by Crippen LogP contribution is -2.38. The molecule has 1 amide bonds. The summed E-state index contributed by atoms with van der Waals surface area (Å²) in [5.74, 6) is -2.28. The lowest BCUT2D eigenvalue weighted by atomic mass is 10.1. The van der Waals surface area contributed by atoms with Crippen molar-refractivity contribution in [2.24, 2.45) is 0 Å². The zero-order valence-electron chi connectivity index (χ0n) is 11.0. The Morgan fingerprint density at radius 1 is 1.25 bits per heavy atom. The summed E-state index contributed by atoms with van der Waals surface area (Å²) in [5, 5.41) is 8.72. The molecule has 1 aromatic carbocycles. The molecule has 0 spiro atoms. The molecule has 2 rings (SSSR count). The number of hydrogen-bond acceptors (Lipinski definition) is 3. The minimum absolute atomic E-state index is 0.111. The van der Waals surface area contributed by atoms with Crippen molar-refractivity contribution in [2.45, 2.75) is 19.3 Å². The third kappa shape index (κ3) is 3.46. The first-order valence-corrected chi connectivity index (χ1v) is 6.51. The molecule has 0 radical (unpaired) electrons. The van der Waals surface area contributed by atoms with E-state index >= 15 is 0 Å². The molecule has 1 fully saturated rings. The van der Waals surface area contributed by atoms with E-state index < -0.39 is 11.8 Å².